The molecule has 4 nitrogen and oxygen atoms in total. The molecule has 1 N–H and O–H groups in total. The Morgan fingerprint density at radius 3 is 2.75 bits per heavy atom. The third-order valence-corrected chi connectivity index (χ3v) is 2.62. The molecule has 0 aromatic heterocycles. The van der Waals surface area contributed by atoms with Crippen molar-refractivity contribution >= 4 is 5.97 Å². The number of β-amino-alcohol motifs (C(OH)–C–C–N with tert-alkyl or cyclic N) is 1. The minimum absolute atomic E-state index is 0.208. The van der Waals surface area contributed by atoms with Gasteiger partial charge in [0.25, 0.3) is 0 Å². The van der Waals surface area contributed by atoms with Crippen molar-refractivity contribution in [1.29, 1.82) is 0 Å². The fourth-order valence-electron chi connectivity index (χ4n) is 1.71. The average molecular weight is 241 g/mol. The Morgan fingerprint density at radius 1 is 1.62 bits per heavy atom. The number of rotatable bonds is 3. The van der Waals surface area contributed by atoms with Crippen LogP contribution < -0.4 is 0 Å². The van der Waals surface area contributed by atoms with E-state index in [4.69, 9.17) is 5.11 Å². The molecule has 0 saturated carbocycles. The molecular weight excluding hydrogens is 227 g/mol. The predicted octanol–water partition coefficient (Wildman–Crippen LogP) is 0.404. The first-order chi connectivity index (χ1) is 7.34. The summed E-state index contributed by atoms with van der Waals surface area (Å²) in [6, 6.07) is 0. The summed E-state index contributed by atoms with van der Waals surface area (Å²) in [7, 11) is 1.25. The van der Waals surface area contributed by atoms with Gasteiger partial charge in [0.15, 0.2) is 6.10 Å². The monoisotopic (exact) mass is 241 g/mol. The van der Waals surface area contributed by atoms with E-state index >= 15 is 0 Å². The van der Waals surface area contributed by atoms with Gasteiger partial charge in [0.1, 0.15) is 0 Å². The van der Waals surface area contributed by atoms with E-state index in [0.29, 0.717) is 13.0 Å². The Kier molecular flexibility index (Phi) is 4.15. The highest BCUT2D eigenvalue weighted by Crippen LogP contribution is 2.23. The molecule has 0 aromatic carbocycles. The van der Waals surface area contributed by atoms with Crippen LogP contribution in [0.2, 0.25) is 0 Å². The largest absolute Gasteiger partial charge is 0.469 e. The van der Waals surface area contributed by atoms with Crippen molar-refractivity contribution in [2.75, 3.05) is 26.7 Å². The average Bonchev–Trinajstić information content (AvgIpc) is 2.63. The van der Waals surface area contributed by atoms with Crippen molar-refractivity contribution in [2.45, 2.75) is 18.7 Å². The molecule has 16 heavy (non-hydrogen) atoms. The molecule has 1 saturated heterocycles. The molecule has 0 amide bonds. The van der Waals surface area contributed by atoms with Crippen molar-refractivity contribution < 1.29 is 27.8 Å². The number of methoxy groups -OCH3 is 1. The van der Waals surface area contributed by atoms with Crippen LogP contribution in [0.4, 0.5) is 13.2 Å². The molecule has 2 unspecified atom stereocenters. The Morgan fingerprint density at radius 2 is 2.25 bits per heavy atom. The third kappa shape index (κ3) is 3.34. The fraction of sp³-hybridized carbons (Fsp3) is 0.889. The normalized spacial score (nSPS) is 24.4. The highest BCUT2D eigenvalue weighted by Gasteiger charge is 2.40. The van der Waals surface area contributed by atoms with Crippen LogP contribution in [0.5, 0.6) is 0 Å². The molecule has 1 aliphatic heterocycles. The molecule has 0 radical (unpaired) electrons. The number of alkyl halides is 3. The summed E-state index contributed by atoms with van der Waals surface area (Å²) in [6.45, 7) is 0.0870. The van der Waals surface area contributed by atoms with E-state index in [2.05, 4.69) is 4.74 Å². The lowest BCUT2D eigenvalue weighted by molar-refractivity contribution is -0.207. The maximum absolute atomic E-state index is 12.1. The van der Waals surface area contributed by atoms with Gasteiger partial charge in [-0.2, -0.15) is 13.2 Å². The number of ether oxygens (including phenoxy) is 1. The first kappa shape index (κ1) is 13.2. The molecule has 0 spiro atoms. The zero-order valence-electron chi connectivity index (χ0n) is 8.83. The summed E-state index contributed by atoms with van der Waals surface area (Å²) < 4.78 is 40.7. The number of hydrogen-bond donors (Lipinski definition) is 1. The summed E-state index contributed by atoms with van der Waals surface area (Å²) in [5.74, 6) is -0.797. The smallest absolute Gasteiger partial charge is 0.415 e. The molecule has 1 heterocycles. The van der Waals surface area contributed by atoms with E-state index < -0.39 is 24.8 Å². The van der Waals surface area contributed by atoms with Crippen LogP contribution in [0.1, 0.15) is 6.42 Å². The molecule has 2 atom stereocenters. The summed E-state index contributed by atoms with van der Waals surface area (Å²) in [4.78, 5) is 12.5. The van der Waals surface area contributed by atoms with Gasteiger partial charge in [0, 0.05) is 13.1 Å². The van der Waals surface area contributed by atoms with Crippen LogP contribution >= 0.6 is 0 Å². The minimum atomic E-state index is -4.61. The Bertz CT molecular complexity index is 257. The lowest BCUT2D eigenvalue weighted by Gasteiger charge is -2.21. The number of carbonyl (C=O) groups excluding carboxylic acids is 1. The van der Waals surface area contributed by atoms with Crippen molar-refractivity contribution in [2.24, 2.45) is 5.92 Å². The van der Waals surface area contributed by atoms with Crippen LogP contribution in [0.15, 0.2) is 0 Å². The number of esters is 1. The van der Waals surface area contributed by atoms with E-state index in [1.807, 2.05) is 0 Å². The van der Waals surface area contributed by atoms with Gasteiger partial charge in [0.2, 0.25) is 0 Å². The maximum atomic E-state index is 12.1. The van der Waals surface area contributed by atoms with Crippen molar-refractivity contribution in [3.63, 3.8) is 0 Å². The number of carbonyl (C=O) groups is 1. The topological polar surface area (TPSA) is 49.8 Å². The van der Waals surface area contributed by atoms with Gasteiger partial charge in [0.05, 0.1) is 13.0 Å². The van der Waals surface area contributed by atoms with Crippen molar-refractivity contribution in [3.05, 3.63) is 0 Å². The summed E-state index contributed by atoms with van der Waals surface area (Å²) >= 11 is 0. The van der Waals surface area contributed by atoms with Gasteiger partial charge in [-0.05, 0) is 13.0 Å². The molecule has 1 fully saturated rings. The van der Waals surface area contributed by atoms with Gasteiger partial charge in [-0.1, -0.05) is 0 Å². The summed E-state index contributed by atoms with van der Waals surface area (Å²) in [5, 5.41) is 8.85. The van der Waals surface area contributed by atoms with Crippen LogP contribution in [0, 0.1) is 5.92 Å². The molecule has 0 aliphatic carbocycles. The number of nitrogens with zero attached hydrogens (tertiary/aromatic N) is 1. The SMILES string of the molecule is COC(=O)C1CCN(CC(O)C(F)(F)F)C1. The first-order valence-electron chi connectivity index (χ1n) is 4.89. The van der Waals surface area contributed by atoms with E-state index in [0.717, 1.165) is 0 Å². The van der Waals surface area contributed by atoms with Crippen molar-refractivity contribution in [3.8, 4) is 0 Å². The second-order valence-electron chi connectivity index (χ2n) is 3.83. The Balaban J connectivity index is 2.40. The quantitative estimate of drug-likeness (QED) is 0.727. The summed E-state index contributed by atoms with van der Waals surface area (Å²) in [5.41, 5.74) is 0. The standard InChI is InChI=1S/C9H14F3NO3/c1-16-8(15)6-2-3-13(4-6)5-7(14)9(10,11)12/h6-7,14H,2-5H2,1H3. The number of hydrogen-bond acceptors (Lipinski definition) is 4. The van der Waals surface area contributed by atoms with Gasteiger partial charge in [-0.25, -0.2) is 0 Å². The predicted molar refractivity (Wildman–Crippen MR) is 48.6 cm³/mol. The van der Waals surface area contributed by atoms with Crippen LogP contribution in [0.25, 0.3) is 0 Å². The molecule has 1 aliphatic rings. The molecule has 1 rings (SSSR count). The fourth-order valence-corrected chi connectivity index (χ4v) is 1.71. The van der Waals surface area contributed by atoms with E-state index in [1.54, 1.807) is 0 Å². The highest BCUT2D eigenvalue weighted by molar-refractivity contribution is 5.72. The maximum Gasteiger partial charge on any atom is 0.415 e. The van der Waals surface area contributed by atoms with Crippen LogP contribution in [-0.2, 0) is 9.53 Å². The summed E-state index contributed by atoms with van der Waals surface area (Å²) in [6.07, 6.45) is -6.50. The highest BCUT2D eigenvalue weighted by atomic mass is 19.4. The van der Waals surface area contributed by atoms with E-state index in [-0.39, 0.29) is 12.5 Å². The van der Waals surface area contributed by atoms with Gasteiger partial charge >= 0.3 is 12.1 Å². The van der Waals surface area contributed by atoms with Gasteiger partial charge in [-0.15, -0.1) is 0 Å². The zero-order valence-corrected chi connectivity index (χ0v) is 8.83. The molecular formula is C9H14F3NO3. The Hall–Kier alpha value is -0.820. The second-order valence-corrected chi connectivity index (χ2v) is 3.83. The van der Waals surface area contributed by atoms with E-state index in [9.17, 15) is 18.0 Å². The zero-order chi connectivity index (χ0) is 12.3. The lowest BCUT2D eigenvalue weighted by Crippen LogP contribution is -2.40. The molecule has 0 bridgehead atoms. The first-order valence-corrected chi connectivity index (χ1v) is 4.89. The number of aliphatic hydroxyl groups is 1. The van der Waals surface area contributed by atoms with Crippen molar-refractivity contribution in [1.82, 2.24) is 4.90 Å². The minimum Gasteiger partial charge on any atom is -0.469 e. The number of aliphatic hydroxyl groups excluding tert-OH is 1. The Labute approximate surface area is 91.0 Å². The molecule has 0 aromatic rings. The second kappa shape index (κ2) is 5.01. The van der Waals surface area contributed by atoms with Crippen LogP contribution in [-0.4, -0.2) is 55.0 Å². The molecule has 7 heteroatoms. The lowest BCUT2D eigenvalue weighted by atomic mass is 10.1. The number of likely N-dealkylation sites (tertiary alicyclic amines) is 1. The number of halogens is 3. The molecule has 94 valence electrons. The third-order valence-electron chi connectivity index (χ3n) is 2.62. The van der Waals surface area contributed by atoms with E-state index in [1.165, 1.54) is 12.0 Å². The van der Waals surface area contributed by atoms with Crippen LogP contribution in [0.3, 0.4) is 0 Å². The van der Waals surface area contributed by atoms with Gasteiger partial charge in [-0.3, -0.25) is 9.69 Å². The van der Waals surface area contributed by atoms with Gasteiger partial charge < -0.3 is 9.84 Å².